The second-order valence-electron chi connectivity index (χ2n) is 6.50. The van der Waals surface area contributed by atoms with Crippen LogP contribution in [0.25, 0.3) is 0 Å². The summed E-state index contributed by atoms with van der Waals surface area (Å²) in [5.74, 6) is 0.681. The van der Waals surface area contributed by atoms with E-state index in [2.05, 4.69) is 10.3 Å². The molecule has 7 heteroatoms. The molecule has 0 bridgehead atoms. The molecule has 142 valence electrons. The van der Waals surface area contributed by atoms with Gasteiger partial charge < -0.3 is 19.9 Å². The Balaban J connectivity index is 1.50. The van der Waals surface area contributed by atoms with Crippen molar-refractivity contribution in [1.82, 2.24) is 14.8 Å². The zero-order chi connectivity index (χ0) is 19.2. The molecule has 7 nitrogen and oxygen atoms in total. The minimum atomic E-state index is -0.460. The van der Waals surface area contributed by atoms with Crippen LogP contribution in [0.5, 0.6) is 5.75 Å². The molecule has 1 atom stereocenters. The van der Waals surface area contributed by atoms with Gasteiger partial charge in [0, 0.05) is 44.1 Å². The first-order chi connectivity index (χ1) is 13.0. The van der Waals surface area contributed by atoms with Crippen molar-refractivity contribution >= 4 is 17.6 Å². The highest BCUT2D eigenvalue weighted by atomic mass is 16.5. The highest BCUT2D eigenvalue weighted by Crippen LogP contribution is 2.18. The molecule has 0 aliphatic carbocycles. The van der Waals surface area contributed by atoms with Gasteiger partial charge in [0.15, 0.2) is 0 Å². The number of hydrogen-bond donors (Lipinski definition) is 1. The Morgan fingerprint density at radius 1 is 1.22 bits per heavy atom. The number of ether oxygens (including phenoxy) is 1. The molecule has 1 aromatic carbocycles. The van der Waals surface area contributed by atoms with E-state index in [-0.39, 0.29) is 11.9 Å². The van der Waals surface area contributed by atoms with E-state index < -0.39 is 6.04 Å². The summed E-state index contributed by atoms with van der Waals surface area (Å²) < 4.78 is 5.72. The monoisotopic (exact) mass is 368 g/mol. The van der Waals surface area contributed by atoms with E-state index in [4.69, 9.17) is 4.74 Å². The van der Waals surface area contributed by atoms with Crippen LogP contribution in [0.15, 0.2) is 48.7 Å². The van der Waals surface area contributed by atoms with Crippen molar-refractivity contribution in [2.75, 3.05) is 32.1 Å². The molecule has 2 aromatic rings. The minimum Gasteiger partial charge on any atom is -0.493 e. The van der Waals surface area contributed by atoms with Gasteiger partial charge in [0.05, 0.1) is 6.61 Å². The molecule has 1 saturated heterocycles. The number of aromatic nitrogens is 1. The maximum Gasteiger partial charge on any atom is 0.322 e. The maximum atomic E-state index is 12.4. The highest BCUT2D eigenvalue weighted by molar-refractivity contribution is 5.94. The van der Waals surface area contributed by atoms with Crippen LogP contribution in [-0.2, 0) is 11.2 Å². The Labute approximate surface area is 158 Å². The number of piperazine rings is 1. The molecule has 3 rings (SSSR count). The Morgan fingerprint density at radius 3 is 2.70 bits per heavy atom. The molecule has 0 radical (unpaired) electrons. The van der Waals surface area contributed by atoms with Gasteiger partial charge in [-0.05, 0) is 43.3 Å². The smallest absolute Gasteiger partial charge is 0.322 e. The second kappa shape index (κ2) is 8.53. The number of carbonyl (C=O) groups excluding carboxylic acids is 2. The lowest BCUT2D eigenvalue weighted by atomic mass is 10.2. The second-order valence-corrected chi connectivity index (χ2v) is 6.50. The molecular formula is C20H24N4O3. The van der Waals surface area contributed by atoms with E-state index in [0.29, 0.717) is 25.4 Å². The number of urea groups is 1. The molecule has 1 aliphatic rings. The lowest BCUT2D eigenvalue weighted by Gasteiger charge is -2.37. The van der Waals surface area contributed by atoms with E-state index >= 15 is 0 Å². The number of carbonyl (C=O) groups is 2. The van der Waals surface area contributed by atoms with Crippen molar-refractivity contribution in [2.45, 2.75) is 19.4 Å². The third-order valence-corrected chi connectivity index (χ3v) is 4.60. The molecule has 1 N–H and O–H groups in total. The van der Waals surface area contributed by atoms with Crippen molar-refractivity contribution in [2.24, 2.45) is 0 Å². The van der Waals surface area contributed by atoms with Crippen LogP contribution < -0.4 is 10.1 Å². The van der Waals surface area contributed by atoms with E-state index in [1.807, 2.05) is 30.3 Å². The van der Waals surface area contributed by atoms with Crippen LogP contribution >= 0.6 is 0 Å². The Morgan fingerprint density at radius 2 is 2.00 bits per heavy atom. The molecule has 0 saturated carbocycles. The molecule has 0 spiro atoms. The van der Waals surface area contributed by atoms with Crippen LogP contribution in [0.1, 0.15) is 12.6 Å². The topological polar surface area (TPSA) is 74.8 Å². The zero-order valence-corrected chi connectivity index (χ0v) is 15.6. The first-order valence-electron chi connectivity index (χ1n) is 9.00. The molecule has 1 fully saturated rings. The van der Waals surface area contributed by atoms with Gasteiger partial charge in [-0.3, -0.25) is 9.78 Å². The van der Waals surface area contributed by atoms with Crippen molar-refractivity contribution in [3.63, 3.8) is 0 Å². The average Bonchev–Trinajstić information content (AvgIpc) is 2.68. The summed E-state index contributed by atoms with van der Waals surface area (Å²) in [4.78, 5) is 31.9. The highest BCUT2D eigenvalue weighted by Gasteiger charge is 2.32. The fourth-order valence-electron chi connectivity index (χ4n) is 2.94. The SMILES string of the molecule is CC1C(=O)N(C)CCN1C(=O)Nc1ccc(OCCc2ccccn2)cc1. The van der Waals surface area contributed by atoms with Gasteiger partial charge in [0.2, 0.25) is 5.91 Å². The van der Waals surface area contributed by atoms with Crippen molar-refractivity contribution in [3.8, 4) is 5.75 Å². The predicted molar refractivity (Wildman–Crippen MR) is 103 cm³/mol. The summed E-state index contributed by atoms with van der Waals surface area (Å²) in [6.07, 6.45) is 2.50. The molecule has 1 unspecified atom stereocenters. The van der Waals surface area contributed by atoms with Gasteiger partial charge in [0.25, 0.3) is 0 Å². The molecule has 3 amide bonds. The fraction of sp³-hybridized carbons (Fsp3) is 0.350. The first-order valence-corrected chi connectivity index (χ1v) is 9.00. The number of benzene rings is 1. The van der Waals surface area contributed by atoms with Crippen molar-refractivity contribution in [3.05, 3.63) is 54.4 Å². The van der Waals surface area contributed by atoms with Gasteiger partial charge in [-0.15, -0.1) is 0 Å². The minimum absolute atomic E-state index is 0.0481. The molecule has 1 aromatic heterocycles. The number of nitrogens with one attached hydrogen (secondary N) is 1. The largest absolute Gasteiger partial charge is 0.493 e. The van der Waals surface area contributed by atoms with Crippen LogP contribution in [0, 0.1) is 0 Å². The van der Waals surface area contributed by atoms with Gasteiger partial charge >= 0.3 is 6.03 Å². The zero-order valence-electron chi connectivity index (χ0n) is 15.6. The normalized spacial score (nSPS) is 17.0. The number of pyridine rings is 1. The number of rotatable bonds is 5. The summed E-state index contributed by atoms with van der Waals surface area (Å²) in [6, 6.07) is 12.3. The third kappa shape index (κ3) is 4.75. The number of hydrogen-bond acceptors (Lipinski definition) is 4. The summed E-state index contributed by atoms with van der Waals surface area (Å²) in [5.41, 5.74) is 1.65. The van der Waals surface area contributed by atoms with E-state index in [9.17, 15) is 9.59 Å². The van der Waals surface area contributed by atoms with Gasteiger partial charge in [-0.25, -0.2) is 4.79 Å². The van der Waals surface area contributed by atoms with E-state index in [1.54, 1.807) is 42.1 Å². The summed E-state index contributed by atoms with van der Waals surface area (Å²) in [7, 11) is 1.75. The Hall–Kier alpha value is -3.09. The Bertz CT molecular complexity index is 780. The van der Waals surface area contributed by atoms with Gasteiger partial charge in [-0.2, -0.15) is 0 Å². The molecular weight excluding hydrogens is 344 g/mol. The maximum absolute atomic E-state index is 12.4. The molecule has 2 heterocycles. The Kier molecular flexibility index (Phi) is 5.90. The van der Waals surface area contributed by atoms with Gasteiger partial charge in [0.1, 0.15) is 11.8 Å². The number of amides is 3. The van der Waals surface area contributed by atoms with E-state index in [1.165, 1.54) is 0 Å². The lowest BCUT2D eigenvalue weighted by molar-refractivity contribution is -0.137. The first kappa shape index (κ1) is 18.7. The van der Waals surface area contributed by atoms with Crippen LogP contribution in [0.4, 0.5) is 10.5 Å². The fourth-order valence-corrected chi connectivity index (χ4v) is 2.94. The van der Waals surface area contributed by atoms with Crippen LogP contribution in [-0.4, -0.2) is 59.5 Å². The van der Waals surface area contributed by atoms with Crippen molar-refractivity contribution < 1.29 is 14.3 Å². The van der Waals surface area contributed by atoms with E-state index in [0.717, 1.165) is 17.9 Å². The summed E-state index contributed by atoms with van der Waals surface area (Å²) in [5, 5.41) is 2.84. The van der Waals surface area contributed by atoms with Crippen LogP contribution in [0.2, 0.25) is 0 Å². The quantitative estimate of drug-likeness (QED) is 0.879. The molecule has 27 heavy (non-hydrogen) atoms. The molecule has 1 aliphatic heterocycles. The number of likely N-dealkylation sites (N-methyl/N-ethyl adjacent to an activating group) is 1. The number of nitrogens with zero attached hydrogens (tertiary/aromatic N) is 3. The standard InChI is InChI=1S/C20H24N4O3/c1-15-19(25)23(2)12-13-24(15)20(26)22-17-6-8-18(9-7-17)27-14-10-16-5-3-4-11-21-16/h3-9,11,15H,10,12-14H2,1-2H3,(H,22,26). The lowest BCUT2D eigenvalue weighted by Crippen LogP contribution is -2.57. The summed E-state index contributed by atoms with van der Waals surface area (Å²) in [6.45, 7) is 3.34. The van der Waals surface area contributed by atoms with Crippen molar-refractivity contribution in [1.29, 1.82) is 0 Å². The van der Waals surface area contributed by atoms with Gasteiger partial charge in [-0.1, -0.05) is 6.07 Å². The predicted octanol–water partition coefficient (Wildman–Crippen LogP) is 2.40. The van der Waals surface area contributed by atoms with Crippen LogP contribution in [0.3, 0.4) is 0 Å². The average molecular weight is 368 g/mol. The number of anilines is 1. The summed E-state index contributed by atoms with van der Waals surface area (Å²) >= 11 is 0. The third-order valence-electron chi connectivity index (χ3n) is 4.60.